The average molecular weight is 184 g/mol. The normalized spacial score (nSPS) is 10.0. The fourth-order valence-electron chi connectivity index (χ4n) is 0.935. The highest BCUT2D eigenvalue weighted by atomic mass is 19.1. The summed E-state index contributed by atoms with van der Waals surface area (Å²) in [5, 5.41) is 8.49. The second-order valence-corrected chi connectivity index (χ2v) is 2.73. The Hall–Kier alpha value is -1.09. The Morgan fingerprint density at radius 1 is 1.15 bits per heavy atom. The van der Waals surface area contributed by atoms with Crippen molar-refractivity contribution in [3.63, 3.8) is 0 Å². The van der Waals surface area contributed by atoms with Crippen molar-refractivity contribution in [1.29, 1.82) is 0 Å². The Morgan fingerprint density at radius 3 is 2.46 bits per heavy atom. The fourth-order valence-corrected chi connectivity index (χ4v) is 0.935. The van der Waals surface area contributed by atoms with Gasteiger partial charge in [0.1, 0.15) is 11.6 Å². The van der Waals surface area contributed by atoms with Crippen LogP contribution in [0.5, 0.6) is 5.75 Å². The van der Waals surface area contributed by atoms with Crippen LogP contribution in [0, 0.1) is 5.82 Å². The predicted octanol–water partition coefficient (Wildman–Crippen LogP) is 1.98. The Kier molecular flexibility index (Phi) is 4.26. The molecule has 0 aliphatic carbocycles. The van der Waals surface area contributed by atoms with E-state index in [0.29, 0.717) is 12.4 Å². The first-order chi connectivity index (χ1) is 6.33. The minimum absolute atomic E-state index is 0.187. The summed E-state index contributed by atoms with van der Waals surface area (Å²) >= 11 is 0. The molecule has 0 unspecified atom stereocenters. The van der Waals surface area contributed by atoms with Crippen molar-refractivity contribution in [2.75, 3.05) is 13.2 Å². The van der Waals surface area contributed by atoms with E-state index in [4.69, 9.17) is 9.84 Å². The maximum atomic E-state index is 12.4. The lowest BCUT2D eigenvalue weighted by atomic mass is 10.3. The molecule has 0 bridgehead atoms. The summed E-state index contributed by atoms with van der Waals surface area (Å²) in [6.45, 7) is 0.749. The molecule has 72 valence electrons. The van der Waals surface area contributed by atoms with E-state index in [1.807, 2.05) is 0 Å². The summed E-state index contributed by atoms with van der Waals surface area (Å²) in [6.07, 6.45) is 1.55. The fraction of sp³-hybridized carbons (Fsp3) is 0.400. The minimum Gasteiger partial charge on any atom is -0.494 e. The average Bonchev–Trinajstić information content (AvgIpc) is 2.15. The molecule has 0 saturated carbocycles. The lowest BCUT2D eigenvalue weighted by Crippen LogP contribution is -1.98. The Bertz CT molecular complexity index is 233. The van der Waals surface area contributed by atoms with Crippen LogP contribution in [0.25, 0.3) is 0 Å². The van der Waals surface area contributed by atoms with Crippen LogP contribution >= 0.6 is 0 Å². The molecule has 1 aromatic rings. The zero-order valence-electron chi connectivity index (χ0n) is 7.37. The molecule has 3 heteroatoms. The third kappa shape index (κ3) is 3.90. The molecular weight excluding hydrogens is 171 g/mol. The van der Waals surface area contributed by atoms with Gasteiger partial charge >= 0.3 is 0 Å². The van der Waals surface area contributed by atoms with E-state index in [9.17, 15) is 4.39 Å². The standard InChI is InChI=1S/C10H13FO2/c11-9-3-5-10(6-4-9)13-8-2-1-7-12/h3-6,12H,1-2,7-8H2. The number of ether oxygens (including phenoxy) is 1. The van der Waals surface area contributed by atoms with Gasteiger partial charge in [0.15, 0.2) is 0 Å². The molecular formula is C10H13FO2. The summed E-state index contributed by atoms with van der Waals surface area (Å²) in [5.74, 6) is 0.405. The lowest BCUT2D eigenvalue weighted by Gasteiger charge is -2.04. The summed E-state index contributed by atoms with van der Waals surface area (Å²) in [5.41, 5.74) is 0. The van der Waals surface area contributed by atoms with Crippen molar-refractivity contribution >= 4 is 0 Å². The van der Waals surface area contributed by atoms with E-state index in [0.717, 1.165) is 12.8 Å². The molecule has 0 saturated heterocycles. The van der Waals surface area contributed by atoms with Crippen LogP contribution in [0.2, 0.25) is 0 Å². The highest BCUT2D eigenvalue weighted by Crippen LogP contribution is 2.11. The van der Waals surface area contributed by atoms with E-state index in [1.165, 1.54) is 12.1 Å². The van der Waals surface area contributed by atoms with Crippen LogP contribution in [0.15, 0.2) is 24.3 Å². The second kappa shape index (κ2) is 5.54. The second-order valence-electron chi connectivity index (χ2n) is 2.73. The third-order valence-corrected chi connectivity index (χ3v) is 1.63. The molecule has 0 aromatic heterocycles. The topological polar surface area (TPSA) is 29.5 Å². The van der Waals surface area contributed by atoms with Crippen LogP contribution in [0.3, 0.4) is 0 Å². The van der Waals surface area contributed by atoms with Crippen LogP contribution in [0.4, 0.5) is 4.39 Å². The van der Waals surface area contributed by atoms with Crippen molar-refractivity contribution in [2.45, 2.75) is 12.8 Å². The van der Waals surface area contributed by atoms with E-state index < -0.39 is 0 Å². The van der Waals surface area contributed by atoms with Gasteiger partial charge in [-0.2, -0.15) is 0 Å². The number of aliphatic hydroxyl groups is 1. The smallest absolute Gasteiger partial charge is 0.123 e. The van der Waals surface area contributed by atoms with Gasteiger partial charge in [-0.25, -0.2) is 4.39 Å². The molecule has 0 aliphatic rings. The molecule has 0 heterocycles. The molecule has 1 aromatic carbocycles. The minimum atomic E-state index is -0.261. The maximum absolute atomic E-state index is 12.4. The Balaban J connectivity index is 2.25. The lowest BCUT2D eigenvalue weighted by molar-refractivity contribution is 0.253. The number of halogens is 1. The summed E-state index contributed by atoms with van der Waals surface area (Å²) in [4.78, 5) is 0. The van der Waals surface area contributed by atoms with Crippen molar-refractivity contribution in [2.24, 2.45) is 0 Å². The van der Waals surface area contributed by atoms with Crippen LogP contribution in [-0.4, -0.2) is 18.3 Å². The largest absolute Gasteiger partial charge is 0.494 e. The summed E-state index contributed by atoms with van der Waals surface area (Å²) in [7, 11) is 0. The molecule has 0 fully saturated rings. The van der Waals surface area contributed by atoms with E-state index in [1.54, 1.807) is 12.1 Å². The first-order valence-electron chi connectivity index (χ1n) is 4.32. The van der Waals surface area contributed by atoms with Crippen molar-refractivity contribution in [3.8, 4) is 5.75 Å². The molecule has 1 rings (SSSR count). The van der Waals surface area contributed by atoms with Gasteiger partial charge in [0.05, 0.1) is 6.61 Å². The van der Waals surface area contributed by atoms with Crippen molar-refractivity contribution in [1.82, 2.24) is 0 Å². The SMILES string of the molecule is OCCCCOc1ccc(F)cc1. The van der Waals surface area contributed by atoms with Gasteiger partial charge in [-0.3, -0.25) is 0 Å². The van der Waals surface area contributed by atoms with Crippen LogP contribution < -0.4 is 4.74 Å². The highest BCUT2D eigenvalue weighted by Gasteiger charge is 1.93. The van der Waals surface area contributed by atoms with Gasteiger partial charge < -0.3 is 9.84 Å². The van der Waals surface area contributed by atoms with Gasteiger partial charge in [0.2, 0.25) is 0 Å². The first kappa shape index (κ1) is 9.99. The molecule has 2 nitrogen and oxygen atoms in total. The van der Waals surface area contributed by atoms with Crippen LogP contribution in [0.1, 0.15) is 12.8 Å². The monoisotopic (exact) mass is 184 g/mol. The van der Waals surface area contributed by atoms with Gasteiger partial charge in [-0.1, -0.05) is 0 Å². The summed E-state index contributed by atoms with van der Waals surface area (Å²) in [6, 6.07) is 5.91. The zero-order valence-corrected chi connectivity index (χ0v) is 7.37. The molecule has 1 N–H and O–H groups in total. The molecule has 0 atom stereocenters. The van der Waals surface area contributed by atoms with E-state index >= 15 is 0 Å². The van der Waals surface area contributed by atoms with Crippen molar-refractivity contribution < 1.29 is 14.2 Å². The molecule has 13 heavy (non-hydrogen) atoms. The Labute approximate surface area is 77.0 Å². The van der Waals surface area contributed by atoms with Gasteiger partial charge in [0, 0.05) is 6.61 Å². The van der Waals surface area contributed by atoms with Crippen molar-refractivity contribution in [3.05, 3.63) is 30.1 Å². The van der Waals surface area contributed by atoms with Crippen LogP contribution in [-0.2, 0) is 0 Å². The Morgan fingerprint density at radius 2 is 1.85 bits per heavy atom. The number of unbranched alkanes of at least 4 members (excludes halogenated alkanes) is 1. The third-order valence-electron chi connectivity index (χ3n) is 1.63. The van der Waals surface area contributed by atoms with Gasteiger partial charge in [-0.15, -0.1) is 0 Å². The molecule has 0 radical (unpaired) electrons. The number of hydrogen-bond donors (Lipinski definition) is 1. The quantitative estimate of drug-likeness (QED) is 0.709. The van der Waals surface area contributed by atoms with E-state index in [2.05, 4.69) is 0 Å². The number of rotatable bonds is 5. The molecule has 0 aliphatic heterocycles. The predicted molar refractivity (Wildman–Crippen MR) is 48.2 cm³/mol. The first-order valence-corrected chi connectivity index (χ1v) is 4.32. The molecule has 0 spiro atoms. The summed E-state index contributed by atoms with van der Waals surface area (Å²) < 4.78 is 17.7. The zero-order chi connectivity index (χ0) is 9.52. The number of hydrogen-bond acceptors (Lipinski definition) is 2. The maximum Gasteiger partial charge on any atom is 0.123 e. The number of aliphatic hydroxyl groups excluding tert-OH is 1. The van der Waals surface area contributed by atoms with Gasteiger partial charge in [-0.05, 0) is 37.1 Å². The molecule has 0 amide bonds. The van der Waals surface area contributed by atoms with Gasteiger partial charge in [0.25, 0.3) is 0 Å². The highest BCUT2D eigenvalue weighted by molar-refractivity contribution is 5.21. The number of benzene rings is 1. The van der Waals surface area contributed by atoms with E-state index in [-0.39, 0.29) is 12.4 Å².